The third-order valence-corrected chi connectivity index (χ3v) is 3.52. The molecule has 2 aliphatic rings. The molecular formula is C10H16O. The molecule has 2 atom stereocenters. The molecule has 2 aliphatic carbocycles. The molecule has 0 radical (unpaired) electrons. The highest BCUT2D eigenvalue weighted by molar-refractivity contribution is 5.49. The van der Waals surface area contributed by atoms with Crippen LogP contribution in [0.3, 0.4) is 0 Å². The molecule has 1 nitrogen and oxygen atoms in total. The maximum atomic E-state index is 10.3. The van der Waals surface area contributed by atoms with Crippen LogP contribution in [0.15, 0.2) is 0 Å². The summed E-state index contributed by atoms with van der Waals surface area (Å²) >= 11 is 0. The molecule has 0 saturated heterocycles. The summed E-state index contributed by atoms with van der Waals surface area (Å²) in [6, 6.07) is 0. The summed E-state index contributed by atoms with van der Waals surface area (Å²) in [4.78, 5) is 10.3. The number of hydrogen-bond donors (Lipinski definition) is 0. The second kappa shape index (κ2) is 2.96. The number of aldehydes is 1. The Balaban J connectivity index is 1.89. The molecule has 2 saturated carbocycles. The summed E-state index contributed by atoms with van der Waals surface area (Å²) in [6.45, 7) is 0. The Bertz CT molecular complexity index is 141. The van der Waals surface area contributed by atoms with Gasteiger partial charge < -0.3 is 4.79 Å². The zero-order chi connectivity index (χ0) is 7.68. The van der Waals surface area contributed by atoms with Crippen LogP contribution in [-0.4, -0.2) is 6.29 Å². The van der Waals surface area contributed by atoms with Gasteiger partial charge in [0.15, 0.2) is 0 Å². The Morgan fingerprint density at radius 1 is 1.18 bits per heavy atom. The van der Waals surface area contributed by atoms with Crippen molar-refractivity contribution in [3.63, 3.8) is 0 Å². The van der Waals surface area contributed by atoms with Gasteiger partial charge in [-0.15, -0.1) is 0 Å². The van der Waals surface area contributed by atoms with E-state index in [4.69, 9.17) is 0 Å². The molecule has 0 aliphatic heterocycles. The Morgan fingerprint density at radius 3 is 2.36 bits per heavy atom. The van der Waals surface area contributed by atoms with Crippen molar-refractivity contribution < 1.29 is 4.79 Å². The fourth-order valence-electron chi connectivity index (χ4n) is 3.02. The minimum Gasteiger partial charge on any atom is -0.303 e. The highest BCUT2D eigenvalue weighted by Crippen LogP contribution is 2.47. The van der Waals surface area contributed by atoms with Crippen molar-refractivity contribution in [3.8, 4) is 0 Å². The summed E-state index contributed by atoms with van der Waals surface area (Å²) in [5.74, 6) is 2.75. The van der Waals surface area contributed by atoms with Gasteiger partial charge in [0.1, 0.15) is 6.29 Å². The molecule has 11 heavy (non-hydrogen) atoms. The summed E-state index contributed by atoms with van der Waals surface area (Å²) < 4.78 is 0. The van der Waals surface area contributed by atoms with Gasteiger partial charge in [-0.2, -0.15) is 0 Å². The Hall–Kier alpha value is -0.330. The molecule has 0 N–H and O–H groups in total. The standard InChI is InChI=1S/C10H16O/c11-5-4-8-6-9-2-1-3-10(9)7-8/h5,8-10H,1-4,6-7H2. The molecule has 2 rings (SSSR count). The van der Waals surface area contributed by atoms with E-state index < -0.39 is 0 Å². The smallest absolute Gasteiger partial charge is 0.120 e. The average molecular weight is 152 g/mol. The van der Waals surface area contributed by atoms with Crippen molar-refractivity contribution >= 4 is 6.29 Å². The molecule has 0 spiro atoms. The largest absolute Gasteiger partial charge is 0.303 e. The molecule has 62 valence electrons. The molecule has 1 heteroatoms. The van der Waals surface area contributed by atoms with Gasteiger partial charge in [-0.05, 0) is 30.6 Å². The highest BCUT2D eigenvalue weighted by atomic mass is 16.1. The molecule has 0 amide bonds. The minimum atomic E-state index is 0.753. The van der Waals surface area contributed by atoms with Crippen LogP contribution in [0.25, 0.3) is 0 Å². The van der Waals surface area contributed by atoms with Crippen LogP contribution >= 0.6 is 0 Å². The topological polar surface area (TPSA) is 17.1 Å². The van der Waals surface area contributed by atoms with Gasteiger partial charge in [0.25, 0.3) is 0 Å². The van der Waals surface area contributed by atoms with Crippen molar-refractivity contribution in [1.82, 2.24) is 0 Å². The summed E-state index contributed by atoms with van der Waals surface area (Å²) in [7, 11) is 0. The first-order valence-corrected chi connectivity index (χ1v) is 4.84. The van der Waals surface area contributed by atoms with E-state index in [9.17, 15) is 4.79 Å². The average Bonchev–Trinajstić information content (AvgIpc) is 2.46. The van der Waals surface area contributed by atoms with Gasteiger partial charge in [0, 0.05) is 6.42 Å². The molecule has 0 bridgehead atoms. The van der Waals surface area contributed by atoms with Gasteiger partial charge >= 0.3 is 0 Å². The molecule has 0 aromatic rings. The van der Waals surface area contributed by atoms with Crippen molar-refractivity contribution in [2.75, 3.05) is 0 Å². The number of fused-ring (bicyclic) bond motifs is 1. The normalized spacial score (nSPS) is 42.4. The molecular weight excluding hydrogens is 136 g/mol. The first-order chi connectivity index (χ1) is 5.40. The second-order valence-electron chi connectivity index (χ2n) is 4.19. The van der Waals surface area contributed by atoms with E-state index in [0.29, 0.717) is 0 Å². The molecule has 0 aromatic heterocycles. The van der Waals surface area contributed by atoms with Crippen LogP contribution in [0.1, 0.15) is 38.5 Å². The zero-order valence-corrected chi connectivity index (χ0v) is 6.96. The van der Waals surface area contributed by atoms with Crippen LogP contribution in [-0.2, 0) is 4.79 Å². The lowest BCUT2D eigenvalue weighted by Crippen LogP contribution is -1.95. The minimum absolute atomic E-state index is 0.753. The van der Waals surface area contributed by atoms with Gasteiger partial charge in [-0.1, -0.05) is 19.3 Å². The van der Waals surface area contributed by atoms with Crippen LogP contribution in [0.4, 0.5) is 0 Å². The van der Waals surface area contributed by atoms with E-state index in [1.165, 1.54) is 32.1 Å². The Morgan fingerprint density at radius 2 is 1.82 bits per heavy atom. The van der Waals surface area contributed by atoms with Gasteiger partial charge in [-0.3, -0.25) is 0 Å². The van der Waals surface area contributed by atoms with Crippen molar-refractivity contribution in [3.05, 3.63) is 0 Å². The molecule has 2 unspecified atom stereocenters. The number of hydrogen-bond acceptors (Lipinski definition) is 1. The van der Waals surface area contributed by atoms with E-state index in [1.807, 2.05) is 0 Å². The van der Waals surface area contributed by atoms with Crippen molar-refractivity contribution in [2.45, 2.75) is 38.5 Å². The van der Waals surface area contributed by atoms with Crippen LogP contribution in [0.2, 0.25) is 0 Å². The third kappa shape index (κ3) is 1.33. The maximum absolute atomic E-state index is 10.3. The Labute approximate surface area is 68.2 Å². The predicted molar refractivity (Wildman–Crippen MR) is 44.2 cm³/mol. The number of carbonyl (C=O) groups is 1. The lowest BCUT2D eigenvalue weighted by atomic mass is 10.0. The zero-order valence-electron chi connectivity index (χ0n) is 6.96. The van der Waals surface area contributed by atoms with Crippen LogP contribution in [0, 0.1) is 17.8 Å². The number of carbonyl (C=O) groups excluding carboxylic acids is 1. The summed E-state index contributed by atoms with van der Waals surface area (Å²) in [5.41, 5.74) is 0. The van der Waals surface area contributed by atoms with Crippen molar-refractivity contribution in [2.24, 2.45) is 17.8 Å². The molecule has 0 aromatic carbocycles. The van der Waals surface area contributed by atoms with Gasteiger partial charge in [0.05, 0.1) is 0 Å². The Kier molecular flexibility index (Phi) is 1.97. The third-order valence-electron chi connectivity index (χ3n) is 3.52. The van der Waals surface area contributed by atoms with E-state index in [1.54, 1.807) is 0 Å². The van der Waals surface area contributed by atoms with E-state index in [0.717, 1.165) is 30.5 Å². The molecule has 0 heterocycles. The fourth-order valence-corrected chi connectivity index (χ4v) is 3.02. The van der Waals surface area contributed by atoms with E-state index >= 15 is 0 Å². The summed E-state index contributed by atoms with van der Waals surface area (Å²) in [6.07, 6.45) is 8.97. The molecule has 2 fully saturated rings. The number of rotatable bonds is 2. The fraction of sp³-hybridized carbons (Fsp3) is 0.900. The first kappa shape index (κ1) is 7.33. The highest BCUT2D eigenvalue weighted by Gasteiger charge is 2.36. The monoisotopic (exact) mass is 152 g/mol. The lowest BCUT2D eigenvalue weighted by molar-refractivity contribution is -0.108. The lowest BCUT2D eigenvalue weighted by Gasteiger charge is -2.04. The van der Waals surface area contributed by atoms with E-state index in [-0.39, 0.29) is 0 Å². The van der Waals surface area contributed by atoms with Gasteiger partial charge in [0.2, 0.25) is 0 Å². The second-order valence-corrected chi connectivity index (χ2v) is 4.19. The van der Waals surface area contributed by atoms with E-state index in [2.05, 4.69) is 0 Å². The predicted octanol–water partition coefficient (Wildman–Crippen LogP) is 2.40. The SMILES string of the molecule is O=CCC1CC2CCCC2C1. The first-order valence-electron chi connectivity index (χ1n) is 4.84. The quantitative estimate of drug-likeness (QED) is 0.555. The van der Waals surface area contributed by atoms with Crippen LogP contribution < -0.4 is 0 Å². The maximum Gasteiger partial charge on any atom is 0.120 e. The van der Waals surface area contributed by atoms with Gasteiger partial charge in [-0.25, -0.2) is 0 Å². The summed E-state index contributed by atoms with van der Waals surface area (Å²) in [5, 5.41) is 0. The van der Waals surface area contributed by atoms with Crippen molar-refractivity contribution in [1.29, 1.82) is 0 Å². The van der Waals surface area contributed by atoms with Crippen LogP contribution in [0.5, 0.6) is 0 Å².